The van der Waals surface area contributed by atoms with E-state index in [1.165, 1.54) is 5.56 Å². The van der Waals surface area contributed by atoms with Gasteiger partial charge < -0.3 is 0 Å². The van der Waals surface area contributed by atoms with Crippen molar-refractivity contribution >= 4 is 27.0 Å². The number of halogens is 1. The summed E-state index contributed by atoms with van der Waals surface area (Å²) in [6.07, 6.45) is 0. The lowest BCUT2D eigenvalue weighted by Crippen LogP contribution is -2.05. The summed E-state index contributed by atoms with van der Waals surface area (Å²) in [5.41, 5.74) is 3.08. The zero-order chi connectivity index (χ0) is 9.47. The van der Waals surface area contributed by atoms with Gasteiger partial charge in [-0.05, 0) is 31.5 Å². The standard InChI is InChI=1S/C9H10BrN3/c1-9(2,10)6-3-4-7-8(5-6)12-13-11-7/h3-5H,1-2H3,(H,11,12,13). The third-order valence-electron chi connectivity index (χ3n) is 2.01. The van der Waals surface area contributed by atoms with E-state index in [2.05, 4.69) is 51.3 Å². The minimum atomic E-state index is -0.0138. The molecule has 0 saturated carbocycles. The fourth-order valence-electron chi connectivity index (χ4n) is 1.21. The maximum absolute atomic E-state index is 3.97. The van der Waals surface area contributed by atoms with Gasteiger partial charge >= 0.3 is 0 Å². The fourth-order valence-corrected chi connectivity index (χ4v) is 1.46. The first-order valence-corrected chi connectivity index (χ1v) is 4.87. The Morgan fingerprint density at radius 3 is 2.85 bits per heavy atom. The maximum Gasteiger partial charge on any atom is 0.113 e. The minimum Gasteiger partial charge on any atom is -0.258 e. The van der Waals surface area contributed by atoms with Crippen LogP contribution in [0.25, 0.3) is 11.0 Å². The van der Waals surface area contributed by atoms with E-state index in [0.29, 0.717) is 0 Å². The number of nitrogens with one attached hydrogen (secondary N) is 1. The van der Waals surface area contributed by atoms with Gasteiger partial charge in [-0.15, -0.1) is 5.10 Å². The third kappa shape index (κ3) is 1.58. The quantitative estimate of drug-likeness (QED) is 0.778. The lowest BCUT2D eigenvalue weighted by molar-refractivity contribution is 0.804. The lowest BCUT2D eigenvalue weighted by Gasteiger charge is -2.15. The van der Waals surface area contributed by atoms with Gasteiger partial charge in [0.15, 0.2) is 0 Å². The zero-order valence-corrected chi connectivity index (χ0v) is 9.09. The minimum absolute atomic E-state index is 0.0138. The molecule has 3 nitrogen and oxygen atoms in total. The molecule has 0 aliphatic heterocycles. The molecule has 1 heterocycles. The molecule has 1 aromatic carbocycles. The van der Waals surface area contributed by atoms with E-state index in [4.69, 9.17) is 0 Å². The van der Waals surface area contributed by atoms with Crippen molar-refractivity contribution in [3.63, 3.8) is 0 Å². The molecule has 0 amide bonds. The molecule has 4 heteroatoms. The summed E-state index contributed by atoms with van der Waals surface area (Å²) in [6.45, 7) is 4.21. The second kappa shape index (κ2) is 2.80. The molecule has 0 aliphatic carbocycles. The summed E-state index contributed by atoms with van der Waals surface area (Å²) in [4.78, 5) is 0. The Bertz CT molecular complexity index is 428. The monoisotopic (exact) mass is 239 g/mol. The molecule has 1 aromatic heterocycles. The number of aromatic amines is 1. The van der Waals surface area contributed by atoms with Gasteiger partial charge in [0, 0.05) is 4.32 Å². The van der Waals surface area contributed by atoms with Gasteiger partial charge in [-0.25, -0.2) is 0 Å². The molecule has 0 spiro atoms. The predicted molar refractivity (Wildman–Crippen MR) is 55.8 cm³/mol. The summed E-state index contributed by atoms with van der Waals surface area (Å²) in [5.74, 6) is 0. The second-order valence-electron chi connectivity index (χ2n) is 3.52. The van der Waals surface area contributed by atoms with E-state index in [0.717, 1.165) is 11.0 Å². The highest BCUT2D eigenvalue weighted by Gasteiger charge is 2.16. The van der Waals surface area contributed by atoms with Crippen LogP contribution < -0.4 is 0 Å². The van der Waals surface area contributed by atoms with Crippen molar-refractivity contribution in [3.8, 4) is 0 Å². The molecule has 1 N–H and O–H groups in total. The Labute approximate surface area is 84.7 Å². The molecule has 0 fully saturated rings. The van der Waals surface area contributed by atoms with E-state index in [9.17, 15) is 0 Å². The first kappa shape index (κ1) is 8.69. The van der Waals surface area contributed by atoms with E-state index in [-0.39, 0.29) is 4.32 Å². The number of hydrogen-bond acceptors (Lipinski definition) is 2. The fraction of sp³-hybridized carbons (Fsp3) is 0.333. The van der Waals surface area contributed by atoms with Gasteiger partial charge in [0.1, 0.15) is 5.52 Å². The predicted octanol–water partition coefficient (Wildman–Crippen LogP) is 2.59. The molecule has 13 heavy (non-hydrogen) atoms. The molecule has 0 radical (unpaired) electrons. The number of benzene rings is 1. The second-order valence-corrected chi connectivity index (χ2v) is 5.50. The SMILES string of the molecule is CC(C)(Br)c1ccc2[nH]nnc2c1. The number of hydrogen-bond donors (Lipinski definition) is 1. The highest BCUT2D eigenvalue weighted by molar-refractivity contribution is 9.09. The smallest absolute Gasteiger partial charge is 0.113 e. The number of alkyl halides is 1. The van der Waals surface area contributed by atoms with Crippen LogP contribution in [-0.2, 0) is 4.32 Å². The van der Waals surface area contributed by atoms with E-state index < -0.39 is 0 Å². The van der Waals surface area contributed by atoms with Crippen LogP contribution in [0.15, 0.2) is 18.2 Å². The molecule has 68 valence electrons. The lowest BCUT2D eigenvalue weighted by atomic mass is 10.0. The van der Waals surface area contributed by atoms with E-state index in [1.54, 1.807) is 0 Å². The molecule has 0 saturated heterocycles. The summed E-state index contributed by atoms with van der Waals surface area (Å²) in [6, 6.07) is 6.10. The summed E-state index contributed by atoms with van der Waals surface area (Å²) >= 11 is 3.60. The molecule has 0 bridgehead atoms. The Balaban J connectivity index is 2.61. The summed E-state index contributed by atoms with van der Waals surface area (Å²) < 4.78 is -0.0138. The Morgan fingerprint density at radius 1 is 1.38 bits per heavy atom. The Kier molecular flexibility index (Phi) is 1.87. The molecule has 2 aromatic rings. The maximum atomic E-state index is 3.97. The number of H-pyrrole nitrogens is 1. The van der Waals surface area contributed by atoms with Crippen LogP contribution >= 0.6 is 15.9 Å². The van der Waals surface area contributed by atoms with Crippen LogP contribution in [-0.4, -0.2) is 15.4 Å². The van der Waals surface area contributed by atoms with Gasteiger partial charge in [-0.2, -0.15) is 0 Å². The average molecular weight is 240 g/mol. The van der Waals surface area contributed by atoms with E-state index >= 15 is 0 Å². The number of nitrogens with zero attached hydrogens (tertiary/aromatic N) is 2. The van der Waals surface area contributed by atoms with Crippen molar-refractivity contribution in [2.45, 2.75) is 18.2 Å². The molecular weight excluding hydrogens is 230 g/mol. The highest BCUT2D eigenvalue weighted by Crippen LogP contribution is 2.30. The molecular formula is C9H10BrN3. The van der Waals surface area contributed by atoms with Crippen LogP contribution in [0.3, 0.4) is 0 Å². The van der Waals surface area contributed by atoms with Crippen molar-refractivity contribution in [2.75, 3.05) is 0 Å². The first-order valence-electron chi connectivity index (χ1n) is 4.07. The number of fused-ring (bicyclic) bond motifs is 1. The highest BCUT2D eigenvalue weighted by atomic mass is 79.9. The Hall–Kier alpha value is -0.900. The van der Waals surface area contributed by atoms with Gasteiger partial charge in [0.25, 0.3) is 0 Å². The normalized spacial score (nSPS) is 12.2. The van der Waals surface area contributed by atoms with Crippen molar-refractivity contribution in [1.82, 2.24) is 15.4 Å². The largest absolute Gasteiger partial charge is 0.258 e. The van der Waals surface area contributed by atoms with Crippen molar-refractivity contribution in [3.05, 3.63) is 23.8 Å². The third-order valence-corrected chi connectivity index (χ3v) is 2.47. The number of aromatic nitrogens is 3. The van der Waals surface area contributed by atoms with Crippen LogP contribution in [0.1, 0.15) is 19.4 Å². The number of rotatable bonds is 1. The van der Waals surface area contributed by atoms with Gasteiger partial charge in [0.05, 0.1) is 5.52 Å². The van der Waals surface area contributed by atoms with Crippen molar-refractivity contribution in [2.24, 2.45) is 0 Å². The molecule has 0 atom stereocenters. The van der Waals surface area contributed by atoms with Gasteiger partial charge in [-0.1, -0.05) is 27.2 Å². The average Bonchev–Trinajstić information content (AvgIpc) is 2.47. The summed E-state index contributed by atoms with van der Waals surface area (Å²) in [7, 11) is 0. The zero-order valence-electron chi connectivity index (χ0n) is 7.50. The van der Waals surface area contributed by atoms with Crippen LogP contribution in [0.4, 0.5) is 0 Å². The first-order chi connectivity index (χ1) is 6.07. The van der Waals surface area contributed by atoms with Crippen LogP contribution in [0, 0.1) is 0 Å². The van der Waals surface area contributed by atoms with E-state index in [1.807, 2.05) is 12.1 Å². The Morgan fingerprint density at radius 2 is 2.15 bits per heavy atom. The topological polar surface area (TPSA) is 41.6 Å². The van der Waals surface area contributed by atoms with Gasteiger partial charge in [-0.3, -0.25) is 5.10 Å². The van der Waals surface area contributed by atoms with Gasteiger partial charge in [0.2, 0.25) is 0 Å². The van der Waals surface area contributed by atoms with Crippen molar-refractivity contribution in [1.29, 1.82) is 0 Å². The molecule has 0 unspecified atom stereocenters. The molecule has 0 aliphatic rings. The van der Waals surface area contributed by atoms with Crippen molar-refractivity contribution < 1.29 is 0 Å². The molecule has 2 rings (SSSR count). The van der Waals surface area contributed by atoms with Crippen LogP contribution in [0.5, 0.6) is 0 Å². The summed E-state index contributed by atoms with van der Waals surface area (Å²) in [5, 5.41) is 10.5. The van der Waals surface area contributed by atoms with Crippen LogP contribution in [0.2, 0.25) is 0 Å².